The number of carbonyl (C=O) groups is 1. The maximum absolute atomic E-state index is 12.4. The Morgan fingerprint density at radius 2 is 1.74 bits per heavy atom. The van der Waals surface area contributed by atoms with Crippen LogP contribution < -0.4 is 5.32 Å². The summed E-state index contributed by atoms with van der Waals surface area (Å²) in [6, 6.07) is 3.53. The second kappa shape index (κ2) is 5.60. The second-order valence-electron chi connectivity index (χ2n) is 3.72. The van der Waals surface area contributed by atoms with E-state index in [-0.39, 0.29) is 5.56 Å². The third-order valence-corrected chi connectivity index (χ3v) is 2.12. The molecule has 0 unspecified atom stereocenters. The predicted octanol–water partition coefficient (Wildman–Crippen LogP) is 3.04. The van der Waals surface area contributed by atoms with Gasteiger partial charge in [-0.1, -0.05) is 12.1 Å². The molecule has 2 nitrogen and oxygen atoms in total. The summed E-state index contributed by atoms with van der Waals surface area (Å²) in [5.41, 5.74) is -1.31. The van der Waals surface area contributed by atoms with E-state index in [0.29, 0.717) is 6.07 Å². The SMILES string of the molecule is O=C(CNCC(F)(F)F)c1cccc(C(F)(F)F)c1. The average Bonchev–Trinajstić information content (AvgIpc) is 2.26. The molecule has 1 aromatic rings. The first-order chi connectivity index (χ1) is 8.59. The van der Waals surface area contributed by atoms with Crippen molar-refractivity contribution < 1.29 is 31.1 Å². The largest absolute Gasteiger partial charge is 0.416 e. The molecule has 1 aromatic carbocycles. The Morgan fingerprint density at radius 3 is 2.26 bits per heavy atom. The first kappa shape index (κ1) is 15.5. The minimum atomic E-state index is -4.60. The molecular weight excluding hydrogens is 276 g/mol. The normalized spacial score (nSPS) is 12.5. The Bertz CT molecular complexity index is 451. The summed E-state index contributed by atoms with van der Waals surface area (Å²) in [6.07, 6.45) is -9.08. The van der Waals surface area contributed by atoms with Crippen LogP contribution in [-0.4, -0.2) is 25.0 Å². The molecule has 0 saturated carbocycles. The van der Waals surface area contributed by atoms with Crippen LogP contribution in [-0.2, 0) is 6.18 Å². The van der Waals surface area contributed by atoms with Crippen LogP contribution >= 0.6 is 0 Å². The van der Waals surface area contributed by atoms with E-state index in [1.807, 2.05) is 5.32 Å². The van der Waals surface area contributed by atoms with Gasteiger partial charge in [0.2, 0.25) is 0 Å². The molecule has 0 radical (unpaired) electrons. The lowest BCUT2D eigenvalue weighted by Gasteiger charge is -2.09. The Morgan fingerprint density at radius 1 is 1.11 bits per heavy atom. The van der Waals surface area contributed by atoms with E-state index in [1.165, 1.54) is 0 Å². The molecule has 0 aliphatic heterocycles. The lowest BCUT2D eigenvalue weighted by atomic mass is 10.1. The van der Waals surface area contributed by atoms with Crippen molar-refractivity contribution in [3.8, 4) is 0 Å². The maximum atomic E-state index is 12.4. The number of halogens is 6. The molecule has 0 spiro atoms. The minimum Gasteiger partial charge on any atom is -0.302 e. The molecular formula is C11H9F6NO. The number of Topliss-reactive ketones (excluding diaryl/α,β-unsaturated/α-hetero) is 1. The molecule has 0 fully saturated rings. The van der Waals surface area contributed by atoms with E-state index in [9.17, 15) is 31.1 Å². The topological polar surface area (TPSA) is 29.1 Å². The van der Waals surface area contributed by atoms with Crippen LogP contribution in [0.2, 0.25) is 0 Å². The lowest BCUT2D eigenvalue weighted by molar-refractivity contribution is -0.137. The Kier molecular flexibility index (Phi) is 4.56. The van der Waals surface area contributed by atoms with Crippen molar-refractivity contribution in [2.45, 2.75) is 12.4 Å². The van der Waals surface area contributed by atoms with E-state index in [0.717, 1.165) is 18.2 Å². The number of alkyl halides is 6. The maximum Gasteiger partial charge on any atom is 0.416 e. The number of hydrogen-bond donors (Lipinski definition) is 1. The highest BCUT2D eigenvalue weighted by Crippen LogP contribution is 2.29. The summed E-state index contributed by atoms with van der Waals surface area (Å²) in [4.78, 5) is 11.4. The van der Waals surface area contributed by atoms with Crippen LogP contribution in [0.3, 0.4) is 0 Å². The first-order valence-corrected chi connectivity index (χ1v) is 5.07. The third-order valence-electron chi connectivity index (χ3n) is 2.12. The summed E-state index contributed by atoms with van der Waals surface area (Å²) < 4.78 is 72.5. The molecule has 0 heterocycles. The van der Waals surface area contributed by atoms with Gasteiger partial charge in [0.25, 0.3) is 0 Å². The summed E-state index contributed by atoms with van der Waals surface area (Å²) in [7, 11) is 0. The lowest BCUT2D eigenvalue weighted by Crippen LogP contribution is -2.32. The zero-order valence-corrected chi connectivity index (χ0v) is 9.40. The Labute approximate surface area is 104 Å². The van der Waals surface area contributed by atoms with E-state index in [1.54, 1.807) is 0 Å². The van der Waals surface area contributed by atoms with E-state index in [4.69, 9.17) is 0 Å². The highest BCUT2D eigenvalue weighted by atomic mass is 19.4. The summed E-state index contributed by atoms with van der Waals surface area (Å²) in [6.45, 7) is -2.06. The van der Waals surface area contributed by atoms with Gasteiger partial charge in [-0.2, -0.15) is 26.3 Å². The predicted molar refractivity (Wildman–Crippen MR) is 54.7 cm³/mol. The van der Waals surface area contributed by atoms with Crippen molar-refractivity contribution in [1.29, 1.82) is 0 Å². The highest BCUT2D eigenvalue weighted by Gasteiger charge is 2.31. The monoisotopic (exact) mass is 285 g/mol. The molecule has 0 amide bonds. The van der Waals surface area contributed by atoms with Gasteiger partial charge in [0.1, 0.15) is 0 Å². The van der Waals surface area contributed by atoms with Gasteiger partial charge in [-0.15, -0.1) is 0 Å². The standard InChI is InChI=1S/C11H9F6NO/c12-10(13,14)6-18-5-9(19)7-2-1-3-8(4-7)11(15,16)17/h1-4,18H,5-6H2. The average molecular weight is 285 g/mol. The second-order valence-corrected chi connectivity index (χ2v) is 3.72. The van der Waals surface area contributed by atoms with Crippen LogP contribution in [0.5, 0.6) is 0 Å². The van der Waals surface area contributed by atoms with E-state index >= 15 is 0 Å². The van der Waals surface area contributed by atoms with Crippen LogP contribution in [0.4, 0.5) is 26.3 Å². The van der Waals surface area contributed by atoms with Gasteiger partial charge in [0, 0.05) is 5.56 Å². The highest BCUT2D eigenvalue weighted by molar-refractivity contribution is 5.97. The summed E-state index contributed by atoms with van der Waals surface area (Å²) >= 11 is 0. The third kappa shape index (κ3) is 5.29. The van der Waals surface area contributed by atoms with Gasteiger partial charge in [0.15, 0.2) is 5.78 Å². The zero-order valence-electron chi connectivity index (χ0n) is 9.40. The minimum absolute atomic E-state index is 0.288. The molecule has 0 bridgehead atoms. The van der Waals surface area contributed by atoms with Crippen LogP contribution in [0, 0.1) is 0 Å². The van der Waals surface area contributed by atoms with Crippen molar-refractivity contribution in [2.24, 2.45) is 0 Å². The number of hydrogen-bond acceptors (Lipinski definition) is 2. The fourth-order valence-corrected chi connectivity index (χ4v) is 1.29. The van der Waals surface area contributed by atoms with Gasteiger partial charge < -0.3 is 5.32 Å². The van der Waals surface area contributed by atoms with Gasteiger partial charge >= 0.3 is 12.4 Å². The molecule has 0 atom stereocenters. The van der Waals surface area contributed by atoms with Crippen LogP contribution in [0.1, 0.15) is 15.9 Å². The summed E-state index contributed by atoms with van der Waals surface area (Å²) in [5.74, 6) is -0.838. The van der Waals surface area contributed by atoms with E-state index in [2.05, 4.69) is 0 Å². The number of benzene rings is 1. The molecule has 8 heteroatoms. The molecule has 106 valence electrons. The number of nitrogens with one attached hydrogen (secondary N) is 1. The molecule has 0 saturated heterocycles. The Balaban J connectivity index is 2.68. The van der Waals surface area contributed by atoms with Gasteiger partial charge in [-0.3, -0.25) is 4.79 Å². The molecule has 0 aromatic heterocycles. The van der Waals surface area contributed by atoms with Crippen molar-refractivity contribution >= 4 is 5.78 Å². The first-order valence-electron chi connectivity index (χ1n) is 5.07. The Hall–Kier alpha value is -1.57. The van der Waals surface area contributed by atoms with Crippen molar-refractivity contribution in [3.05, 3.63) is 35.4 Å². The number of ketones is 1. The molecule has 19 heavy (non-hydrogen) atoms. The molecule has 1 N–H and O–H groups in total. The smallest absolute Gasteiger partial charge is 0.302 e. The van der Waals surface area contributed by atoms with Crippen LogP contribution in [0.15, 0.2) is 24.3 Å². The molecule has 0 aliphatic carbocycles. The number of rotatable bonds is 4. The summed E-state index contributed by atoms with van der Waals surface area (Å²) in [5, 5.41) is 1.83. The number of carbonyl (C=O) groups excluding carboxylic acids is 1. The zero-order chi connectivity index (χ0) is 14.7. The van der Waals surface area contributed by atoms with Gasteiger partial charge in [-0.05, 0) is 12.1 Å². The molecule has 1 rings (SSSR count). The van der Waals surface area contributed by atoms with Gasteiger partial charge in [-0.25, -0.2) is 0 Å². The van der Waals surface area contributed by atoms with Crippen molar-refractivity contribution in [3.63, 3.8) is 0 Å². The fourth-order valence-electron chi connectivity index (χ4n) is 1.29. The van der Waals surface area contributed by atoms with Gasteiger partial charge in [0.05, 0.1) is 18.7 Å². The fraction of sp³-hybridized carbons (Fsp3) is 0.364. The van der Waals surface area contributed by atoms with Crippen LogP contribution in [0.25, 0.3) is 0 Å². The quantitative estimate of drug-likeness (QED) is 0.680. The van der Waals surface area contributed by atoms with E-state index < -0.39 is 36.8 Å². The van der Waals surface area contributed by atoms with Crippen molar-refractivity contribution in [1.82, 2.24) is 5.32 Å². The van der Waals surface area contributed by atoms with Crippen molar-refractivity contribution in [2.75, 3.05) is 13.1 Å². The molecule has 0 aliphatic rings.